The Labute approximate surface area is 151 Å². The number of halogens is 1. The van der Waals surface area contributed by atoms with Crippen molar-refractivity contribution in [3.8, 4) is 0 Å². The van der Waals surface area contributed by atoms with Crippen LogP contribution in [0.15, 0.2) is 34.2 Å². The zero-order valence-electron chi connectivity index (χ0n) is 13.8. The van der Waals surface area contributed by atoms with Crippen LogP contribution in [0.3, 0.4) is 0 Å². The molecular weight excluding hydrogens is 364 g/mol. The summed E-state index contributed by atoms with van der Waals surface area (Å²) >= 11 is 5.83. The predicted molar refractivity (Wildman–Crippen MR) is 95.3 cm³/mol. The fourth-order valence-electron chi connectivity index (χ4n) is 2.57. The van der Waals surface area contributed by atoms with Gasteiger partial charge in [-0.05, 0) is 23.8 Å². The standard InChI is InChI=1S/C16H19ClN4O3S/c1-13-18-16(19-24-13)12-20-7-9-21(10-8-20)25(22,23)11-6-14-2-4-15(17)5-3-14/h2-6,11H,7-10,12H2,1H3. The summed E-state index contributed by atoms with van der Waals surface area (Å²) in [6.07, 6.45) is 1.58. The number of piperazine rings is 1. The highest BCUT2D eigenvalue weighted by molar-refractivity contribution is 7.92. The van der Waals surface area contributed by atoms with Crippen LogP contribution in [0.4, 0.5) is 0 Å². The van der Waals surface area contributed by atoms with Crippen LogP contribution in [0.25, 0.3) is 6.08 Å². The Morgan fingerprint density at radius 3 is 2.48 bits per heavy atom. The monoisotopic (exact) mass is 382 g/mol. The highest BCUT2D eigenvalue weighted by Gasteiger charge is 2.25. The Bertz CT molecular complexity index is 841. The molecule has 0 aliphatic carbocycles. The summed E-state index contributed by atoms with van der Waals surface area (Å²) in [6, 6.07) is 7.01. The van der Waals surface area contributed by atoms with Gasteiger partial charge in [0.25, 0.3) is 0 Å². The molecule has 2 heterocycles. The van der Waals surface area contributed by atoms with E-state index >= 15 is 0 Å². The molecule has 0 radical (unpaired) electrons. The summed E-state index contributed by atoms with van der Waals surface area (Å²) in [5, 5.41) is 5.73. The topological polar surface area (TPSA) is 79.5 Å². The highest BCUT2D eigenvalue weighted by Crippen LogP contribution is 2.14. The number of aromatic nitrogens is 2. The van der Waals surface area contributed by atoms with Crippen LogP contribution in [0.1, 0.15) is 17.3 Å². The van der Waals surface area contributed by atoms with Crippen molar-refractivity contribution in [2.45, 2.75) is 13.5 Å². The van der Waals surface area contributed by atoms with Crippen LogP contribution in [0, 0.1) is 6.92 Å². The van der Waals surface area contributed by atoms with Gasteiger partial charge in [-0.25, -0.2) is 8.42 Å². The van der Waals surface area contributed by atoms with Crippen molar-refractivity contribution >= 4 is 27.7 Å². The first-order chi connectivity index (χ1) is 11.9. The molecule has 1 saturated heterocycles. The SMILES string of the molecule is Cc1nc(CN2CCN(S(=O)(=O)C=Cc3ccc(Cl)cc3)CC2)no1. The van der Waals surface area contributed by atoms with E-state index in [9.17, 15) is 8.42 Å². The van der Waals surface area contributed by atoms with Crippen molar-refractivity contribution in [3.63, 3.8) is 0 Å². The summed E-state index contributed by atoms with van der Waals surface area (Å²) in [4.78, 5) is 6.28. The van der Waals surface area contributed by atoms with E-state index in [-0.39, 0.29) is 0 Å². The second-order valence-corrected chi connectivity index (χ2v) is 8.06. The first-order valence-corrected chi connectivity index (χ1v) is 9.76. The molecule has 1 aliphatic heterocycles. The van der Waals surface area contributed by atoms with E-state index in [0.29, 0.717) is 49.5 Å². The van der Waals surface area contributed by atoms with Crippen LogP contribution in [0.5, 0.6) is 0 Å². The van der Waals surface area contributed by atoms with Gasteiger partial charge in [-0.15, -0.1) is 0 Å². The van der Waals surface area contributed by atoms with Gasteiger partial charge in [0, 0.05) is 43.5 Å². The van der Waals surface area contributed by atoms with E-state index in [1.54, 1.807) is 37.3 Å². The molecule has 0 atom stereocenters. The minimum Gasteiger partial charge on any atom is -0.340 e. The van der Waals surface area contributed by atoms with Crippen molar-refractivity contribution in [1.82, 2.24) is 19.3 Å². The zero-order chi connectivity index (χ0) is 17.9. The van der Waals surface area contributed by atoms with Crippen molar-refractivity contribution in [2.75, 3.05) is 26.2 Å². The largest absolute Gasteiger partial charge is 0.340 e. The molecule has 9 heteroatoms. The summed E-state index contributed by atoms with van der Waals surface area (Å²) < 4.78 is 31.3. The minimum atomic E-state index is -3.44. The lowest BCUT2D eigenvalue weighted by molar-refractivity contribution is 0.177. The highest BCUT2D eigenvalue weighted by atomic mass is 35.5. The van der Waals surface area contributed by atoms with Gasteiger partial charge >= 0.3 is 0 Å². The summed E-state index contributed by atoms with van der Waals surface area (Å²) in [6.45, 7) is 4.43. The van der Waals surface area contributed by atoms with E-state index in [1.807, 2.05) is 0 Å². The minimum absolute atomic E-state index is 0.435. The molecule has 0 unspecified atom stereocenters. The Kier molecular flexibility index (Phi) is 5.53. The van der Waals surface area contributed by atoms with Gasteiger partial charge < -0.3 is 4.52 Å². The predicted octanol–water partition coefficient (Wildman–Crippen LogP) is 2.15. The molecule has 1 fully saturated rings. The van der Waals surface area contributed by atoms with Gasteiger partial charge in [-0.3, -0.25) is 4.90 Å². The molecular formula is C16H19ClN4O3S. The first-order valence-electron chi connectivity index (χ1n) is 7.88. The lowest BCUT2D eigenvalue weighted by Gasteiger charge is -2.32. The van der Waals surface area contributed by atoms with Gasteiger partial charge in [0.15, 0.2) is 5.82 Å². The number of aryl methyl sites for hydroxylation is 1. The van der Waals surface area contributed by atoms with Crippen molar-refractivity contribution in [2.24, 2.45) is 0 Å². The second kappa shape index (κ2) is 7.65. The Morgan fingerprint density at radius 1 is 1.20 bits per heavy atom. The first kappa shape index (κ1) is 18.1. The number of hydrogen-bond acceptors (Lipinski definition) is 6. The number of rotatable bonds is 5. The van der Waals surface area contributed by atoms with Crippen LogP contribution in [-0.4, -0.2) is 53.9 Å². The quantitative estimate of drug-likeness (QED) is 0.788. The van der Waals surface area contributed by atoms with E-state index < -0.39 is 10.0 Å². The molecule has 3 rings (SSSR count). The van der Waals surface area contributed by atoms with Gasteiger partial charge in [-0.2, -0.15) is 9.29 Å². The van der Waals surface area contributed by atoms with Crippen LogP contribution in [0.2, 0.25) is 5.02 Å². The number of benzene rings is 1. The lowest BCUT2D eigenvalue weighted by Crippen LogP contribution is -2.47. The molecule has 134 valence electrons. The normalized spacial score (nSPS) is 17.4. The Morgan fingerprint density at radius 2 is 1.88 bits per heavy atom. The maximum absolute atomic E-state index is 12.4. The molecule has 0 saturated carbocycles. The lowest BCUT2D eigenvalue weighted by atomic mass is 10.2. The third-order valence-corrected chi connectivity index (χ3v) is 5.75. The average Bonchev–Trinajstić information content (AvgIpc) is 3.00. The van der Waals surface area contributed by atoms with Gasteiger partial charge in [0.1, 0.15) is 0 Å². The van der Waals surface area contributed by atoms with Crippen molar-refractivity contribution < 1.29 is 12.9 Å². The second-order valence-electron chi connectivity index (χ2n) is 5.80. The van der Waals surface area contributed by atoms with Gasteiger partial charge in [0.05, 0.1) is 6.54 Å². The van der Waals surface area contributed by atoms with Crippen LogP contribution < -0.4 is 0 Å². The number of hydrogen-bond donors (Lipinski definition) is 0. The fourth-order valence-corrected chi connectivity index (χ4v) is 3.87. The van der Waals surface area contributed by atoms with Crippen LogP contribution in [-0.2, 0) is 16.6 Å². The average molecular weight is 383 g/mol. The molecule has 0 bridgehead atoms. The van der Waals surface area contributed by atoms with Crippen molar-refractivity contribution in [1.29, 1.82) is 0 Å². The molecule has 25 heavy (non-hydrogen) atoms. The zero-order valence-corrected chi connectivity index (χ0v) is 15.4. The molecule has 2 aromatic rings. The smallest absolute Gasteiger partial charge is 0.236 e. The van der Waals surface area contributed by atoms with Crippen molar-refractivity contribution in [3.05, 3.63) is 52.0 Å². The maximum atomic E-state index is 12.4. The molecule has 0 spiro atoms. The summed E-state index contributed by atoms with van der Waals surface area (Å²) in [5.74, 6) is 1.15. The molecule has 1 aromatic heterocycles. The molecule has 1 aromatic carbocycles. The summed E-state index contributed by atoms with van der Waals surface area (Å²) in [7, 11) is -3.44. The third kappa shape index (κ3) is 4.88. The Balaban J connectivity index is 1.56. The van der Waals surface area contributed by atoms with Crippen LogP contribution >= 0.6 is 11.6 Å². The number of sulfonamides is 1. The number of nitrogens with zero attached hydrogens (tertiary/aromatic N) is 4. The van der Waals surface area contributed by atoms with E-state index in [0.717, 1.165) is 5.56 Å². The van der Waals surface area contributed by atoms with E-state index in [4.69, 9.17) is 16.1 Å². The van der Waals surface area contributed by atoms with Gasteiger partial charge in [0.2, 0.25) is 15.9 Å². The Hall–Kier alpha value is -1.74. The van der Waals surface area contributed by atoms with E-state index in [2.05, 4.69) is 15.0 Å². The molecule has 7 nitrogen and oxygen atoms in total. The maximum Gasteiger partial charge on any atom is 0.236 e. The van der Waals surface area contributed by atoms with Gasteiger partial charge in [-0.1, -0.05) is 28.9 Å². The fraction of sp³-hybridized carbons (Fsp3) is 0.375. The van der Waals surface area contributed by atoms with E-state index in [1.165, 1.54) is 9.71 Å². The molecule has 1 aliphatic rings. The third-order valence-electron chi connectivity index (χ3n) is 3.93. The molecule has 0 amide bonds. The summed E-state index contributed by atoms with van der Waals surface area (Å²) in [5.41, 5.74) is 0.791. The molecule has 0 N–H and O–H groups in total.